The van der Waals surface area contributed by atoms with Crippen LogP contribution < -0.4 is 5.69 Å². The van der Waals surface area contributed by atoms with Crippen LogP contribution in [0.1, 0.15) is 18.1 Å². The standard InChI is InChI=1S/C10H10ClN3O/c1-7(11)9-12-10(15)14(13-9)8-5-3-2-4-6-8/h2-7H,1H3,(H,12,13,15). The van der Waals surface area contributed by atoms with Gasteiger partial charge in [-0.2, -0.15) is 4.68 Å². The molecule has 78 valence electrons. The molecule has 1 heterocycles. The summed E-state index contributed by atoms with van der Waals surface area (Å²) in [4.78, 5) is 14.1. The Balaban J connectivity index is 2.50. The summed E-state index contributed by atoms with van der Waals surface area (Å²) < 4.78 is 1.30. The summed E-state index contributed by atoms with van der Waals surface area (Å²) >= 11 is 5.83. The molecule has 0 fully saturated rings. The summed E-state index contributed by atoms with van der Waals surface area (Å²) in [6.07, 6.45) is 0. The molecule has 0 aliphatic carbocycles. The molecule has 0 aliphatic rings. The number of benzene rings is 1. The quantitative estimate of drug-likeness (QED) is 0.791. The lowest BCUT2D eigenvalue weighted by molar-refractivity contribution is 0.813. The summed E-state index contributed by atoms with van der Waals surface area (Å²) in [6, 6.07) is 9.20. The maximum Gasteiger partial charge on any atom is 0.348 e. The minimum Gasteiger partial charge on any atom is -0.291 e. The predicted octanol–water partition coefficient (Wildman–Crippen LogP) is 1.86. The largest absolute Gasteiger partial charge is 0.348 e. The predicted molar refractivity (Wildman–Crippen MR) is 58.5 cm³/mol. The van der Waals surface area contributed by atoms with Crippen molar-refractivity contribution >= 4 is 11.6 Å². The van der Waals surface area contributed by atoms with E-state index in [0.29, 0.717) is 5.82 Å². The molecule has 2 rings (SSSR count). The first-order chi connectivity index (χ1) is 7.18. The van der Waals surface area contributed by atoms with Crippen LogP contribution in [0.15, 0.2) is 35.1 Å². The van der Waals surface area contributed by atoms with Gasteiger partial charge < -0.3 is 0 Å². The summed E-state index contributed by atoms with van der Waals surface area (Å²) in [6.45, 7) is 1.76. The normalized spacial score (nSPS) is 12.7. The Kier molecular flexibility index (Phi) is 2.60. The van der Waals surface area contributed by atoms with Gasteiger partial charge >= 0.3 is 5.69 Å². The zero-order valence-electron chi connectivity index (χ0n) is 8.14. The summed E-state index contributed by atoms with van der Waals surface area (Å²) in [5, 5.41) is 3.79. The molecule has 0 aliphatic heterocycles. The fraction of sp³-hybridized carbons (Fsp3) is 0.200. The van der Waals surface area contributed by atoms with Crippen molar-refractivity contribution in [1.82, 2.24) is 14.8 Å². The minimum absolute atomic E-state index is 0.274. The number of aromatic nitrogens is 3. The fourth-order valence-electron chi connectivity index (χ4n) is 1.26. The molecule has 15 heavy (non-hydrogen) atoms. The number of H-pyrrole nitrogens is 1. The third kappa shape index (κ3) is 1.94. The molecular formula is C10H10ClN3O. The van der Waals surface area contributed by atoms with Crippen LogP contribution in [0, 0.1) is 0 Å². The maximum absolute atomic E-state index is 11.5. The van der Waals surface area contributed by atoms with E-state index in [2.05, 4.69) is 10.1 Å². The van der Waals surface area contributed by atoms with Gasteiger partial charge in [-0.25, -0.2) is 4.79 Å². The second-order valence-corrected chi connectivity index (χ2v) is 3.83. The van der Waals surface area contributed by atoms with Crippen LogP contribution >= 0.6 is 11.6 Å². The molecule has 1 N–H and O–H groups in total. The molecule has 0 saturated carbocycles. The molecule has 1 aromatic carbocycles. The Bertz CT molecular complexity index is 501. The van der Waals surface area contributed by atoms with Crippen molar-refractivity contribution in [3.8, 4) is 5.69 Å². The second kappa shape index (κ2) is 3.90. The Hall–Kier alpha value is -1.55. The first kappa shape index (κ1) is 9.98. The lowest BCUT2D eigenvalue weighted by Crippen LogP contribution is -2.15. The molecule has 2 aromatic rings. The van der Waals surface area contributed by atoms with Gasteiger partial charge in [0.1, 0.15) is 5.82 Å². The molecule has 0 saturated heterocycles. The number of hydrogen-bond donors (Lipinski definition) is 1. The van der Waals surface area contributed by atoms with E-state index in [1.807, 2.05) is 30.3 Å². The van der Waals surface area contributed by atoms with Crippen molar-refractivity contribution in [3.63, 3.8) is 0 Å². The van der Waals surface area contributed by atoms with Gasteiger partial charge in [-0.3, -0.25) is 4.98 Å². The summed E-state index contributed by atoms with van der Waals surface area (Å²) in [5.41, 5.74) is 0.450. The van der Waals surface area contributed by atoms with Gasteiger partial charge in [0, 0.05) is 0 Å². The lowest BCUT2D eigenvalue weighted by atomic mass is 10.3. The van der Waals surface area contributed by atoms with E-state index in [-0.39, 0.29) is 11.1 Å². The van der Waals surface area contributed by atoms with Crippen molar-refractivity contribution < 1.29 is 0 Å². The van der Waals surface area contributed by atoms with Crippen molar-refractivity contribution in [2.24, 2.45) is 0 Å². The molecule has 1 aromatic heterocycles. The molecule has 0 spiro atoms. The number of nitrogens with zero attached hydrogens (tertiary/aromatic N) is 2. The zero-order valence-corrected chi connectivity index (χ0v) is 8.90. The van der Waals surface area contributed by atoms with E-state index < -0.39 is 0 Å². The van der Waals surface area contributed by atoms with E-state index in [1.54, 1.807) is 6.92 Å². The molecule has 0 amide bonds. The van der Waals surface area contributed by atoms with E-state index in [4.69, 9.17) is 11.6 Å². The lowest BCUT2D eigenvalue weighted by Gasteiger charge is -1.97. The molecular weight excluding hydrogens is 214 g/mol. The van der Waals surface area contributed by atoms with Crippen LogP contribution in [0.25, 0.3) is 5.69 Å². The summed E-state index contributed by atoms with van der Waals surface area (Å²) in [5.74, 6) is 0.477. The number of nitrogens with one attached hydrogen (secondary N) is 1. The van der Waals surface area contributed by atoms with Gasteiger partial charge in [0.15, 0.2) is 0 Å². The Morgan fingerprint density at radius 3 is 2.60 bits per heavy atom. The van der Waals surface area contributed by atoms with Crippen LogP contribution in [0.5, 0.6) is 0 Å². The fourth-order valence-corrected chi connectivity index (χ4v) is 1.36. The van der Waals surface area contributed by atoms with Gasteiger partial charge in [-0.15, -0.1) is 16.7 Å². The summed E-state index contributed by atoms with van der Waals surface area (Å²) in [7, 11) is 0. The maximum atomic E-state index is 11.5. The topological polar surface area (TPSA) is 50.7 Å². The molecule has 0 radical (unpaired) electrons. The molecule has 0 bridgehead atoms. The average molecular weight is 224 g/mol. The van der Waals surface area contributed by atoms with Gasteiger partial charge in [-0.1, -0.05) is 18.2 Å². The van der Waals surface area contributed by atoms with Crippen LogP contribution in [-0.2, 0) is 0 Å². The number of hydrogen-bond acceptors (Lipinski definition) is 2. The number of alkyl halides is 1. The van der Waals surface area contributed by atoms with Crippen molar-refractivity contribution in [2.75, 3.05) is 0 Å². The third-order valence-electron chi connectivity index (χ3n) is 2.01. The van der Waals surface area contributed by atoms with Crippen molar-refractivity contribution in [1.29, 1.82) is 0 Å². The molecule has 5 heteroatoms. The van der Waals surface area contributed by atoms with Crippen LogP contribution in [-0.4, -0.2) is 14.8 Å². The first-order valence-corrected chi connectivity index (χ1v) is 5.01. The monoisotopic (exact) mass is 223 g/mol. The van der Waals surface area contributed by atoms with Gasteiger partial charge in [0.05, 0.1) is 11.1 Å². The smallest absolute Gasteiger partial charge is 0.291 e. The second-order valence-electron chi connectivity index (χ2n) is 3.18. The Labute approximate surface area is 91.5 Å². The van der Waals surface area contributed by atoms with E-state index in [1.165, 1.54) is 4.68 Å². The van der Waals surface area contributed by atoms with Crippen molar-refractivity contribution in [3.05, 3.63) is 46.6 Å². The van der Waals surface area contributed by atoms with Crippen LogP contribution in [0.2, 0.25) is 0 Å². The Morgan fingerprint density at radius 1 is 1.40 bits per heavy atom. The van der Waals surface area contributed by atoms with E-state index in [0.717, 1.165) is 5.69 Å². The van der Waals surface area contributed by atoms with Gasteiger partial charge in [0.25, 0.3) is 0 Å². The highest BCUT2D eigenvalue weighted by Gasteiger charge is 2.10. The zero-order chi connectivity index (χ0) is 10.8. The van der Waals surface area contributed by atoms with Crippen LogP contribution in [0.4, 0.5) is 0 Å². The Morgan fingerprint density at radius 2 is 2.07 bits per heavy atom. The average Bonchev–Trinajstić information content (AvgIpc) is 2.62. The molecule has 4 nitrogen and oxygen atoms in total. The highest BCUT2D eigenvalue weighted by atomic mass is 35.5. The number of para-hydroxylation sites is 1. The number of rotatable bonds is 2. The number of aromatic amines is 1. The van der Waals surface area contributed by atoms with Crippen LogP contribution in [0.3, 0.4) is 0 Å². The minimum atomic E-state index is -0.303. The SMILES string of the molecule is CC(Cl)c1nn(-c2ccccc2)c(=O)[nH]1. The molecule has 1 unspecified atom stereocenters. The highest BCUT2D eigenvalue weighted by molar-refractivity contribution is 6.20. The third-order valence-corrected chi connectivity index (χ3v) is 2.22. The van der Waals surface area contributed by atoms with Crippen molar-refractivity contribution in [2.45, 2.75) is 12.3 Å². The van der Waals surface area contributed by atoms with E-state index >= 15 is 0 Å². The van der Waals surface area contributed by atoms with E-state index in [9.17, 15) is 4.79 Å². The van der Waals surface area contributed by atoms with Gasteiger partial charge in [-0.05, 0) is 19.1 Å². The molecule has 1 atom stereocenters. The highest BCUT2D eigenvalue weighted by Crippen LogP contribution is 2.13. The number of halogens is 1. The van der Waals surface area contributed by atoms with Gasteiger partial charge in [0.2, 0.25) is 0 Å². The first-order valence-electron chi connectivity index (χ1n) is 4.57.